The van der Waals surface area contributed by atoms with Crippen molar-refractivity contribution in [3.8, 4) is 0 Å². The maximum atomic E-state index is 12.4. The van der Waals surface area contributed by atoms with Crippen molar-refractivity contribution in [2.45, 2.75) is 18.2 Å². The molecule has 26 heavy (non-hydrogen) atoms. The molecule has 1 N–H and O–H groups in total. The summed E-state index contributed by atoms with van der Waals surface area (Å²) in [5, 5.41) is 3.33. The molecule has 0 saturated carbocycles. The molecule has 0 aliphatic carbocycles. The van der Waals surface area contributed by atoms with E-state index in [1.54, 1.807) is 0 Å². The van der Waals surface area contributed by atoms with Gasteiger partial charge in [-0.3, -0.25) is 19.8 Å². The monoisotopic (exact) mass is 354 g/mol. The Hall–Kier alpha value is -2.70. The molecule has 2 aromatic rings. The average molecular weight is 354 g/mol. The second-order valence-electron chi connectivity index (χ2n) is 6.08. The highest BCUT2D eigenvalue weighted by atomic mass is 16.5. The molecule has 0 radical (unpaired) electrons. The third-order valence-electron chi connectivity index (χ3n) is 4.59. The molecule has 3 rings (SSSR count). The van der Waals surface area contributed by atoms with Crippen LogP contribution in [-0.2, 0) is 19.1 Å². The SMILES string of the molecule is COC(=O)CN1[C@@H](c2ccccc2)N[C@@H](C(=O)OC)[C@H]1c1ccccc1. The molecule has 0 amide bonds. The number of nitrogens with one attached hydrogen (secondary N) is 1. The second-order valence-corrected chi connectivity index (χ2v) is 6.08. The molecule has 2 aromatic carbocycles. The number of benzene rings is 2. The summed E-state index contributed by atoms with van der Waals surface area (Å²) < 4.78 is 9.88. The lowest BCUT2D eigenvalue weighted by Crippen LogP contribution is -2.37. The number of esters is 2. The molecule has 1 saturated heterocycles. The molecule has 0 aromatic heterocycles. The summed E-state index contributed by atoms with van der Waals surface area (Å²) in [5.74, 6) is -0.730. The second kappa shape index (κ2) is 8.12. The average Bonchev–Trinajstić information content (AvgIpc) is 3.07. The summed E-state index contributed by atoms with van der Waals surface area (Å²) in [5.41, 5.74) is 1.89. The number of methoxy groups -OCH3 is 2. The minimum atomic E-state index is -0.600. The minimum absolute atomic E-state index is 0.0517. The molecular weight excluding hydrogens is 332 g/mol. The molecule has 0 unspecified atom stereocenters. The maximum Gasteiger partial charge on any atom is 0.324 e. The maximum absolute atomic E-state index is 12.4. The number of ether oxygens (including phenoxy) is 2. The van der Waals surface area contributed by atoms with E-state index in [0.29, 0.717) is 0 Å². The van der Waals surface area contributed by atoms with Crippen LogP contribution >= 0.6 is 0 Å². The van der Waals surface area contributed by atoms with Gasteiger partial charge in [-0.05, 0) is 11.1 Å². The van der Waals surface area contributed by atoms with E-state index in [1.807, 2.05) is 65.6 Å². The molecule has 6 nitrogen and oxygen atoms in total. The minimum Gasteiger partial charge on any atom is -0.468 e. The molecule has 1 heterocycles. The van der Waals surface area contributed by atoms with Crippen LogP contribution < -0.4 is 5.32 Å². The number of hydrogen-bond donors (Lipinski definition) is 1. The third kappa shape index (κ3) is 3.61. The predicted octanol–water partition coefficient (Wildman–Crippen LogP) is 2.05. The Morgan fingerprint density at radius 1 is 0.923 bits per heavy atom. The summed E-state index contributed by atoms with van der Waals surface area (Å²) in [4.78, 5) is 26.5. The normalized spacial score (nSPS) is 22.8. The van der Waals surface area contributed by atoms with Gasteiger partial charge >= 0.3 is 11.9 Å². The van der Waals surface area contributed by atoms with Gasteiger partial charge in [0.15, 0.2) is 0 Å². The standard InChI is InChI=1S/C20H22N2O4/c1-25-16(23)13-22-18(14-9-5-3-6-10-14)17(20(24)26-2)21-19(22)15-11-7-4-8-12-15/h3-12,17-19,21H,13H2,1-2H3/t17-,18-,19+/m1/s1. The first-order valence-corrected chi connectivity index (χ1v) is 8.42. The molecule has 1 aliphatic rings. The van der Waals surface area contributed by atoms with Crippen molar-refractivity contribution < 1.29 is 19.1 Å². The molecule has 0 bridgehead atoms. The Morgan fingerprint density at radius 2 is 1.50 bits per heavy atom. The van der Waals surface area contributed by atoms with Gasteiger partial charge in [0.25, 0.3) is 0 Å². The lowest BCUT2D eigenvalue weighted by Gasteiger charge is -2.29. The largest absolute Gasteiger partial charge is 0.468 e. The van der Waals surface area contributed by atoms with Crippen LogP contribution in [0, 0.1) is 0 Å². The van der Waals surface area contributed by atoms with E-state index < -0.39 is 6.04 Å². The summed E-state index contributed by atoms with van der Waals surface area (Å²) in [6, 6.07) is 18.4. The van der Waals surface area contributed by atoms with E-state index >= 15 is 0 Å². The first kappa shape index (κ1) is 18.1. The zero-order valence-electron chi connectivity index (χ0n) is 14.8. The summed E-state index contributed by atoms with van der Waals surface area (Å²) in [7, 11) is 2.73. The van der Waals surface area contributed by atoms with Gasteiger partial charge in [-0.25, -0.2) is 0 Å². The Morgan fingerprint density at radius 3 is 2.04 bits per heavy atom. The highest BCUT2D eigenvalue weighted by Gasteiger charge is 2.46. The van der Waals surface area contributed by atoms with E-state index in [2.05, 4.69) is 5.32 Å². The van der Waals surface area contributed by atoms with Crippen molar-refractivity contribution in [3.63, 3.8) is 0 Å². The van der Waals surface area contributed by atoms with Crippen LogP contribution in [0.3, 0.4) is 0 Å². The number of carbonyl (C=O) groups excluding carboxylic acids is 2. The Labute approximate surface area is 152 Å². The Bertz CT molecular complexity index is 751. The fourth-order valence-corrected chi connectivity index (χ4v) is 3.39. The van der Waals surface area contributed by atoms with Gasteiger partial charge < -0.3 is 9.47 Å². The molecule has 3 atom stereocenters. The van der Waals surface area contributed by atoms with Crippen LogP contribution in [0.5, 0.6) is 0 Å². The van der Waals surface area contributed by atoms with Gasteiger partial charge in [0.2, 0.25) is 0 Å². The van der Waals surface area contributed by atoms with Crippen LogP contribution in [0.25, 0.3) is 0 Å². The van der Waals surface area contributed by atoms with E-state index in [4.69, 9.17) is 9.47 Å². The molecule has 1 fully saturated rings. The van der Waals surface area contributed by atoms with Crippen LogP contribution in [0.2, 0.25) is 0 Å². The first-order valence-electron chi connectivity index (χ1n) is 8.42. The molecule has 0 spiro atoms. The lowest BCUT2D eigenvalue weighted by atomic mass is 9.99. The van der Waals surface area contributed by atoms with E-state index in [1.165, 1.54) is 14.2 Å². The van der Waals surface area contributed by atoms with E-state index in [-0.39, 0.29) is 30.7 Å². The number of rotatable bonds is 5. The molecule has 6 heteroatoms. The van der Waals surface area contributed by atoms with Crippen molar-refractivity contribution in [2.24, 2.45) is 0 Å². The van der Waals surface area contributed by atoms with Crippen LogP contribution in [-0.4, -0.2) is 43.6 Å². The topological polar surface area (TPSA) is 67.9 Å². The van der Waals surface area contributed by atoms with Gasteiger partial charge in [0.05, 0.1) is 33.0 Å². The predicted molar refractivity (Wildman–Crippen MR) is 96.0 cm³/mol. The van der Waals surface area contributed by atoms with Gasteiger partial charge in [-0.2, -0.15) is 0 Å². The molecule has 136 valence electrons. The lowest BCUT2D eigenvalue weighted by molar-refractivity contribution is -0.145. The first-order chi connectivity index (χ1) is 12.7. The number of hydrogen-bond acceptors (Lipinski definition) is 6. The summed E-state index contributed by atoms with van der Waals surface area (Å²) >= 11 is 0. The van der Waals surface area contributed by atoms with Gasteiger partial charge in [-0.15, -0.1) is 0 Å². The van der Waals surface area contributed by atoms with Gasteiger partial charge in [0.1, 0.15) is 6.04 Å². The fraction of sp³-hybridized carbons (Fsp3) is 0.300. The van der Waals surface area contributed by atoms with Crippen molar-refractivity contribution >= 4 is 11.9 Å². The quantitative estimate of drug-likeness (QED) is 0.829. The van der Waals surface area contributed by atoms with Crippen molar-refractivity contribution in [3.05, 3.63) is 71.8 Å². The highest BCUT2D eigenvalue weighted by molar-refractivity contribution is 5.78. The summed E-state index contributed by atoms with van der Waals surface area (Å²) in [6.07, 6.45) is -0.315. The third-order valence-corrected chi connectivity index (χ3v) is 4.59. The fourth-order valence-electron chi connectivity index (χ4n) is 3.39. The highest BCUT2D eigenvalue weighted by Crippen LogP contribution is 2.38. The van der Waals surface area contributed by atoms with Crippen LogP contribution in [0.1, 0.15) is 23.3 Å². The van der Waals surface area contributed by atoms with Crippen molar-refractivity contribution in [1.82, 2.24) is 10.2 Å². The smallest absolute Gasteiger partial charge is 0.324 e. The molecule has 1 aliphatic heterocycles. The molecular formula is C20H22N2O4. The zero-order valence-corrected chi connectivity index (χ0v) is 14.8. The van der Waals surface area contributed by atoms with Crippen molar-refractivity contribution in [2.75, 3.05) is 20.8 Å². The summed E-state index contributed by atoms with van der Waals surface area (Å²) in [6.45, 7) is 0.0517. The zero-order chi connectivity index (χ0) is 18.5. The van der Waals surface area contributed by atoms with Crippen LogP contribution in [0.15, 0.2) is 60.7 Å². The van der Waals surface area contributed by atoms with Crippen LogP contribution in [0.4, 0.5) is 0 Å². The number of carbonyl (C=O) groups is 2. The Balaban J connectivity index is 2.05. The van der Waals surface area contributed by atoms with E-state index in [0.717, 1.165) is 11.1 Å². The number of nitrogens with zero attached hydrogens (tertiary/aromatic N) is 1. The van der Waals surface area contributed by atoms with Gasteiger partial charge in [-0.1, -0.05) is 60.7 Å². The Kier molecular flexibility index (Phi) is 5.65. The van der Waals surface area contributed by atoms with Crippen molar-refractivity contribution in [1.29, 1.82) is 0 Å². The van der Waals surface area contributed by atoms with Gasteiger partial charge in [0, 0.05) is 0 Å². The van der Waals surface area contributed by atoms with E-state index in [9.17, 15) is 9.59 Å².